The minimum atomic E-state index is 0. The molecule has 1 unspecified atom stereocenters. The molecule has 0 spiro atoms. The van der Waals surface area contributed by atoms with Crippen LogP contribution in [-0.4, -0.2) is 49.8 Å². The second-order valence-corrected chi connectivity index (χ2v) is 5.90. The van der Waals surface area contributed by atoms with Gasteiger partial charge in [0.15, 0.2) is 0 Å². The van der Waals surface area contributed by atoms with Gasteiger partial charge < -0.3 is 20.3 Å². The van der Waals surface area contributed by atoms with Gasteiger partial charge in [-0.05, 0) is 37.1 Å². The second-order valence-electron chi connectivity index (χ2n) is 5.90. The average molecular weight is 377 g/mol. The van der Waals surface area contributed by atoms with Crippen LogP contribution in [0.2, 0.25) is 0 Å². The number of nitrogens with zero attached hydrogens (tertiary/aromatic N) is 2. The zero-order chi connectivity index (χ0) is 15.2. The Kier molecular flexibility index (Phi) is 9.36. The Morgan fingerprint density at radius 2 is 2.17 bits per heavy atom. The van der Waals surface area contributed by atoms with Gasteiger partial charge in [0.1, 0.15) is 5.82 Å². The van der Waals surface area contributed by atoms with E-state index in [2.05, 4.69) is 26.6 Å². The molecule has 0 aromatic carbocycles. The molecule has 1 aromatic heterocycles. The van der Waals surface area contributed by atoms with Gasteiger partial charge >= 0.3 is 0 Å². The van der Waals surface area contributed by atoms with Gasteiger partial charge in [0.25, 0.3) is 0 Å². The fourth-order valence-corrected chi connectivity index (χ4v) is 2.96. The number of carbonyl (C=O) groups is 1. The van der Waals surface area contributed by atoms with Crippen molar-refractivity contribution in [2.75, 3.05) is 37.7 Å². The summed E-state index contributed by atoms with van der Waals surface area (Å²) < 4.78 is 5.36. The van der Waals surface area contributed by atoms with Crippen LogP contribution in [0.15, 0.2) is 18.3 Å². The molecule has 0 bridgehead atoms. The number of pyridine rings is 1. The lowest BCUT2D eigenvalue weighted by molar-refractivity contribution is -0.121. The molecule has 1 amide bonds. The highest BCUT2D eigenvalue weighted by molar-refractivity contribution is 5.85. The standard InChI is InChI=1S/C16H24N4O2.2ClH/c21-16(11-14-2-1-4-17-14)19-12-13-3-5-18-15(10-13)20-6-8-22-9-7-20;;/h3,5,10,14,17H,1-2,4,6-9,11-12H2,(H,19,21);2*1H. The Bertz CT molecular complexity index is 507. The lowest BCUT2D eigenvalue weighted by atomic mass is 10.1. The van der Waals surface area contributed by atoms with Crippen LogP contribution >= 0.6 is 24.8 Å². The fraction of sp³-hybridized carbons (Fsp3) is 0.625. The van der Waals surface area contributed by atoms with E-state index in [0.717, 1.165) is 50.7 Å². The van der Waals surface area contributed by atoms with Crippen LogP contribution in [0.1, 0.15) is 24.8 Å². The maximum absolute atomic E-state index is 12.0. The molecular formula is C16H26Cl2N4O2. The predicted octanol–water partition coefficient (Wildman–Crippen LogP) is 1.52. The number of aromatic nitrogens is 1. The molecule has 3 rings (SSSR count). The van der Waals surface area contributed by atoms with Crippen LogP contribution in [0.25, 0.3) is 0 Å². The van der Waals surface area contributed by atoms with Crippen LogP contribution < -0.4 is 15.5 Å². The van der Waals surface area contributed by atoms with Crippen LogP contribution in [0.4, 0.5) is 5.82 Å². The van der Waals surface area contributed by atoms with Crippen molar-refractivity contribution in [2.24, 2.45) is 0 Å². The van der Waals surface area contributed by atoms with E-state index in [-0.39, 0.29) is 30.7 Å². The number of nitrogens with one attached hydrogen (secondary N) is 2. The molecule has 2 saturated heterocycles. The van der Waals surface area contributed by atoms with Gasteiger partial charge in [-0.15, -0.1) is 24.8 Å². The molecule has 0 saturated carbocycles. The summed E-state index contributed by atoms with van der Waals surface area (Å²) in [6.07, 6.45) is 4.65. The summed E-state index contributed by atoms with van der Waals surface area (Å²) in [5.41, 5.74) is 1.09. The molecule has 0 aliphatic carbocycles. The maximum atomic E-state index is 12.0. The van der Waals surface area contributed by atoms with E-state index in [4.69, 9.17) is 4.74 Å². The van der Waals surface area contributed by atoms with Crippen molar-refractivity contribution in [1.82, 2.24) is 15.6 Å². The molecule has 2 fully saturated rings. The number of anilines is 1. The van der Waals surface area contributed by atoms with Crippen molar-refractivity contribution in [2.45, 2.75) is 31.8 Å². The van der Waals surface area contributed by atoms with Crippen molar-refractivity contribution >= 4 is 36.5 Å². The van der Waals surface area contributed by atoms with E-state index in [0.29, 0.717) is 19.0 Å². The van der Waals surface area contributed by atoms with Crippen molar-refractivity contribution in [3.63, 3.8) is 0 Å². The third-order valence-electron chi connectivity index (χ3n) is 4.23. The molecule has 2 aliphatic heterocycles. The molecule has 2 aliphatic rings. The molecule has 1 atom stereocenters. The first kappa shape index (κ1) is 21.0. The van der Waals surface area contributed by atoms with Gasteiger partial charge in [-0.2, -0.15) is 0 Å². The highest BCUT2D eigenvalue weighted by Gasteiger charge is 2.17. The van der Waals surface area contributed by atoms with E-state index in [9.17, 15) is 4.79 Å². The Balaban J connectivity index is 0.00000144. The van der Waals surface area contributed by atoms with E-state index in [1.165, 1.54) is 6.42 Å². The summed E-state index contributed by atoms with van der Waals surface area (Å²) in [7, 11) is 0. The van der Waals surface area contributed by atoms with Gasteiger partial charge in [-0.25, -0.2) is 4.98 Å². The molecule has 1 aromatic rings. The molecular weight excluding hydrogens is 351 g/mol. The van der Waals surface area contributed by atoms with Crippen molar-refractivity contribution in [3.05, 3.63) is 23.9 Å². The molecule has 3 heterocycles. The van der Waals surface area contributed by atoms with Gasteiger partial charge in [0.05, 0.1) is 13.2 Å². The monoisotopic (exact) mass is 376 g/mol. The molecule has 136 valence electrons. The number of rotatable bonds is 5. The Morgan fingerprint density at radius 3 is 2.88 bits per heavy atom. The number of morpholine rings is 1. The Labute approximate surface area is 155 Å². The molecule has 2 N–H and O–H groups in total. The lowest BCUT2D eigenvalue weighted by Crippen LogP contribution is -2.36. The smallest absolute Gasteiger partial charge is 0.221 e. The Morgan fingerprint density at radius 1 is 1.38 bits per heavy atom. The first-order valence-electron chi connectivity index (χ1n) is 8.09. The van der Waals surface area contributed by atoms with Crippen molar-refractivity contribution in [1.29, 1.82) is 0 Å². The molecule has 6 nitrogen and oxygen atoms in total. The second kappa shape index (κ2) is 10.7. The first-order valence-corrected chi connectivity index (χ1v) is 8.09. The van der Waals surface area contributed by atoms with E-state index in [1.807, 2.05) is 12.3 Å². The summed E-state index contributed by atoms with van der Waals surface area (Å²) >= 11 is 0. The summed E-state index contributed by atoms with van der Waals surface area (Å²) in [5.74, 6) is 1.08. The number of hydrogen-bond acceptors (Lipinski definition) is 5. The summed E-state index contributed by atoms with van der Waals surface area (Å²) in [5, 5.41) is 6.35. The van der Waals surface area contributed by atoms with E-state index in [1.54, 1.807) is 0 Å². The highest BCUT2D eigenvalue weighted by atomic mass is 35.5. The van der Waals surface area contributed by atoms with Gasteiger partial charge in [0.2, 0.25) is 5.91 Å². The van der Waals surface area contributed by atoms with Gasteiger partial charge in [-0.3, -0.25) is 4.79 Å². The maximum Gasteiger partial charge on any atom is 0.221 e. The fourth-order valence-electron chi connectivity index (χ4n) is 2.96. The topological polar surface area (TPSA) is 66.5 Å². The number of ether oxygens (including phenoxy) is 1. The van der Waals surface area contributed by atoms with Crippen LogP contribution in [0.3, 0.4) is 0 Å². The third kappa shape index (κ3) is 6.09. The minimum absolute atomic E-state index is 0. The Hall–Kier alpha value is -1.08. The predicted molar refractivity (Wildman–Crippen MR) is 99.3 cm³/mol. The van der Waals surface area contributed by atoms with E-state index < -0.39 is 0 Å². The van der Waals surface area contributed by atoms with Crippen LogP contribution in [0.5, 0.6) is 0 Å². The van der Waals surface area contributed by atoms with Gasteiger partial charge in [-0.1, -0.05) is 0 Å². The van der Waals surface area contributed by atoms with Crippen molar-refractivity contribution in [3.8, 4) is 0 Å². The quantitative estimate of drug-likeness (QED) is 0.815. The van der Waals surface area contributed by atoms with Crippen LogP contribution in [-0.2, 0) is 16.1 Å². The number of amides is 1. The summed E-state index contributed by atoms with van der Waals surface area (Å²) in [6.45, 7) is 4.83. The van der Waals surface area contributed by atoms with Gasteiger partial charge in [0, 0.05) is 38.3 Å². The molecule has 24 heavy (non-hydrogen) atoms. The molecule has 8 heteroatoms. The average Bonchev–Trinajstić information content (AvgIpc) is 3.07. The zero-order valence-electron chi connectivity index (χ0n) is 13.7. The number of hydrogen-bond donors (Lipinski definition) is 2. The minimum Gasteiger partial charge on any atom is -0.378 e. The van der Waals surface area contributed by atoms with E-state index >= 15 is 0 Å². The highest BCUT2D eigenvalue weighted by Crippen LogP contribution is 2.14. The lowest BCUT2D eigenvalue weighted by Gasteiger charge is -2.28. The van der Waals surface area contributed by atoms with Crippen LogP contribution in [0, 0.1) is 0 Å². The largest absolute Gasteiger partial charge is 0.378 e. The summed E-state index contributed by atoms with van der Waals surface area (Å²) in [6, 6.07) is 4.36. The zero-order valence-corrected chi connectivity index (χ0v) is 15.3. The third-order valence-corrected chi connectivity index (χ3v) is 4.23. The number of halogens is 2. The van der Waals surface area contributed by atoms with Crippen molar-refractivity contribution < 1.29 is 9.53 Å². The SMILES string of the molecule is Cl.Cl.O=C(CC1CCCN1)NCc1ccnc(N2CCOCC2)c1. The molecule has 0 radical (unpaired) electrons. The summed E-state index contributed by atoms with van der Waals surface area (Å²) in [4.78, 5) is 18.6. The number of carbonyl (C=O) groups excluding carboxylic acids is 1. The first-order chi connectivity index (χ1) is 10.8. The normalized spacial score (nSPS) is 20.0.